The van der Waals surface area contributed by atoms with Crippen LogP contribution in [0.3, 0.4) is 0 Å². The summed E-state index contributed by atoms with van der Waals surface area (Å²) in [5.74, 6) is -0.336. The third-order valence-corrected chi connectivity index (χ3v) is 8.55. The van der Waals surface area contributed by atoms with Crippen molar-refractivity contribution in [1.29, 1.82) is 0 Å². The first-order valence-corrected chi connectivity index (χ1v) is 14.3. The maximum absolute atomic E-state index is 13.9. The van der Waals surface area contributed by atoms with E-state index in [1.54, 1.807) is 17.9 Å². The zero-order valence-corrected chi connectivity index (χ0v) is 23.6. The van der Waals surface area contributed by atoms with E-state index < -0.39 is 41.4 Å². The Bertz CT molecular complexity index is 1330. The van der Waals surface area contributed by atoms with E-state index in [0.717, 1.165) is 18.4 Å². The van der Waals surface area contributed by atoms with Gasteiger partial charge in [-0.2, -0.15) is 26.3 Å². The highest BCUT2D eigenvalue weighted by molar-refractivity contribution is 5.79. The molecule has 2 aliphatic heterocycles. The van der Waals surface area contributed by atoms with Crippen LogP contribution in [0.25, 0.3) is 0 Å². The Morgan fingerprint density at radius 3 is 2.16 bits per heavy atom. The summed E-state index contributed by atoms with van der Waals surface area (Å²) < 4.78 is 93.4. The molecule has 43 heavy (non-hydrogen) atoms. The third kappa shape index (κ3) is 7.25. The summed E-state index contributed by atoms with van der Waals surface area (Å²) in [6.07, 6.45) is -7.05. The van der Waals surface area contributed by atoms with Crippen molar-refractivity contribution in [3.63, 3.8) is 0 Å². The lowest BCUT2D eigenvalue weighted by Crippen LogP contribution is -2.57. The second-order valence-corrected chi connectivity index (χ2v) is 11.6. The number of hydrogen-bond donors (Lipinski definition) is 1. The Balaban J connectivity index is 1.29. The molecule has 2 heterocycles. The molecule has 234 valence electrons. The molecule has 0 radical (unpaired) electrons. The Morgan fingerprint density at radius 1 is 0.907 bits per heavy atom. The molecule has 0 aromatic heterocycles. The van der Waals surface area contributed by atoms with Gasteiger partial charge in [0.15, 0.2) is 0 Å². The molecule has 3 amide bonds. The lowest BCUT2D eigenvalue weighted by molar-refractivity contribution is -0.143. The number of carbonyl (C=O) groups is 2. The normalized spacial score (nSPS) is 22.2. The predicted octanol–water partition coefficient (Wildman–Crippen LogP) is 5.94. The van der Waals surface area contributed by atoms with Crippen molar-refractivity contribution in [3.05, 3.63) is 70.0 Å². The van der Waals surface area contributed by atoms with Crippen LogP contribution in [0.1, 0.15) is 59.5 Å². The second-order valence-electron chi connectivity index (χ2n) is 11.6. The van der Waals surface area contributed by atoms with Crippen molar-refractivity contribution >= 4 is 11.9 Å². The maximum Gasteiger partial charge on any atom is 0.416 e. The number of urea groups is 1. The molecule has 6 nitrogen and oxygen atoms in total. The summed E-state index contributed by atoms with van der Waals surface area (Å²) >= 11 is 0. The van der Waals surface area contributed by atoms with E-state index in [0.29, 0.717) is 62.8 Å². The quantitative estimate of drug-likeness (QED) is 0.411. The van der Waals surface area contributed by atoms with Crippen LogP contribution in [0.15, 0.2) is 36.4 Å². The molecule has 2 aromatic carbocycles. The molecule has 2 aromatic rings. The minimum absolute atomic E-state index is 0.00490. The number of likely N-dealkylation sites (tertiary alicyclic amines) is 1. The molecule has 1 N–H and O–H groups in total. The topological polar surface area (TPSA) is 55.9 Å². The molecule has 13 heteroatoms. The average Bonchev–Trinajstić information content (AvgIpc) is 3.77. The van der Waals surface area contributed by atoms with Gasteiger partial charge in [-0.3, -0.25) is 9.69 Å². The highest BCUT2D eigenvalue weighted by Gasteiger charge is 2.41. The van der Waals surface area contributed by atoms with Gasteiger partial charge in [0.25, 0.3) is 0 Å². The second kappa shape index (κ2) is 12.0. The minimum atomic E-state index is -4.96. The van der Waals surface area contributed by atoms with Crippen LogP contribution in [-0.4, -0.2) is 71.4 Å². The van der Waals surface area contributed by atoms with Gasteiger partial charge in [0.2, 0.25) is 5.91 Å². The van der Waals surface area contributed by atoms with Gasteiger partial charge in [0.1, 0.15) is 5.82 Å². The fraction of sp³-hybridized carbons (Fsp3) is 0.533. The first-order chi connectivity index (χ1) is 20.2. The average molecular weight is 615 g/mol. The summed E-state index contributed by atoms with van der Waals surface area (Å²) in [7, 11) is 0. The van der Waals surface area contributed by atoms with Gasteiger partial charge in [0, 0.05) is 38.3 Å². The van der Waals surface area contributed by atoms with Crippen LogP contribution < -0.4 is 5.32 Å². The van der Waals surface area contributed by atoms with Crippen molar-refractivity contribution < 1.29 is 40.3 Å². The summed E-state index contributed by atoms with van der Waals surface area (Å²) in [5.41, 5.74) is -1.65. The number of aryl methyl sites for hydroxylation is 1. The summed E-state index contributed by atoms with van der Waals surface area (Å²) in [6.45, 7) is 3.50. The molecular formula is C30H33F7N4O2. The number of halogens is 7. The van der Waals surface area contributed by atoms with Gasteiger partial charge in [0.05, 0.1) is 23.7 Å². The number of nitrogens with zero attached hydrogens (tertiary/aromatic N) is 3. The van der Waals surface area contributed by atoms with Crippen molar-refractivity contribution in [1.82, 2.24) is 20.0 Å². The van der Waals surface area contributed by atoms with E-state index in [1.807, 2.05) is 4.90 Å². The number of alkyl halides is 6. The highest BCUT2D eigenvalue weighted by atomic mass is 19.4. The number of carbonyl (C=O) groups excluding carboxylic acids is 2. The van der Waals surface area contributed by atoms with Crippen molar-refractivity contribution in [3.8, 4) is 0 Å². The van der Waals surface area contributed by atoms with Gasteiger partial charge in [-0.25, -0.2) is 9.18 Å². The Kier molecular flexibility index (Phi) is 8.65. The molecular weight excluding hydrogens is 581 g/mol. The van der Waals surface area contributed by atoms with Crippen molar-refractivity contribution in [2.75, 3.05) is 32.7 Å². The Morgan fingerprint density at radius 2 is 1.58 bits per heavy atom. The monoisotopic (exact) mass is 614 g/mol. The van der Waals surface area contributed by atoms with E-state index in [9.17, 15) is 40.3 Å². The summed E-state index contributed by atoms with van der Waals surface area (Å²) in [5, 5.41) is 2.65. The molecule has 5 rings (SSSR count). The van der Waals surface area contributed by atoms with Gasteiger partial charge in [-0.15, -0.1) is 0 Å². The molecule has 2 atom stereocenters. The molecule has 3 fully saturated rings. The lowest BCUT2D eigenvalue weighted by atomic mass is 9.88. The predicted molar refractivity (Wildman–Crippen MR) is 143 cm³/mol. The summed E-state index contributed by atoms with van der Waals surface area (Å²) in [4.78, 5) is 31.8. The number of piperidine rings is 1. The van der Waals surface area contributed by atoms with Gasteiger partial charge in [-0.05, 0) is 86.1 Å². The number of nitrogens with one attached hydrogen (secondary N) is 1. The van der Waals surface area contributed by atoms with E-state index in [-0.39, 0.29) is 36.5 Å². The number of hydrogen-bond acceptors (Lipinski definition) is 3. The molecule has 3 aliphatic rings. The van der Waals surface area contributed by atoms with Crippen LogP contribution in [0.2, 0.25) is 0 Å². The van der Waals surface area contributed by atoms with E-state index >= 15 is 0 Å². The van der Waals surface area contributed by atoms with Gasteiger partial charge in [-0.1, -0.05) is 6.07 Å². The third-order valence-electron chi connectivity index (χ3n) is 8.55. The molecule has 0 spiro atoms. The minimum Gasteiger partial charge on any atom is -0.338 e. The Labute approximate surface area is 244 Å². The van der Waals surface area contributed by atoms with Gasteiger partial charge < -0.3 is 15.1 Å². The number of rotatable bonds is 6. The van der Waals surface area contributed by atoms with E-state index in [1.165, 1.54) is 12.1 Å². The van der Waals surface area contributed by atoms with Crippen LogP contribution in [-0.2, 0) is 23.6 Å². The first kappa shape index (κ1) is 31.1. The lowest BCUT2D eigenvalue weighted by Gasteiger charge is -2.46. The standard InChI is InChI=1S/C30H33F7N4O2/c1-18-12-22(31)2-5-25(18)26-16-24(39-10-11-40(23-3-4-23)27(42)17-39)7-9-41(26)28(43)38-8-6-19-13-20(29(32,33)34)15-21(14-19)30(35,36)37/h2,5,12-15,23-24,26H,3-4,6-11,16-17H2,1H3,(H,38,43). The molecule has 1 aliphatic carbocycles. The fourth-order valence-corrected chi connectivity index (χ4v) is 6.20. The summed E-state index contributed by atoms with van der Waals surface area (Å²) in [6, 6.07) is 5.03. The van der Waals surface area contributed by atoms with Crippen LogP contribution in [0, 0.1) is 12.7 Å². The zero-order chi connectivity index (χ0) is 31.1. The smallest absolute Gasteiger partial charge is 0.338 e. The van der Waals surface area contributed by atoms with Crippen LogP contribution >= 0.6 is 0 Å². The molecule has 0 bridgehead atoms. The number of amides is 3. The van der Waals surface area contributed by atoms with E-state index in [4.69, 9.17) is 0 Å². The molecule has 2 saturated heterocycles. The number of benzene rings is 2. The first-order valence-electron chi connectivity index (χ1n) is 14.3. The van der Waals surface area contributed by atoms with Crippen LogP contribution in [0.4, 0.5) is 35.5 Å². The van der Waals surface area contributed by atoms with Crippen molar-refractivity contribution in [2.45, 2.75) is 69.5 Å². The SMILES string of the molecule is Cc1cc(F)ccc1C1CC(N2CCN(C3CC3)C(=O)C2)CCN1C(=O)NCCc1cc(C(F)(F)F)cc(C(F)(F)F)c1. The zero-order valence-electron chi connectivity index (χ0n) is 23.6. The maximum atomic E-state index is 13.9. The highest BCUT2D eigenvalue weighted by Crippen LogP contribution is 2.38. The van der Waals surface area contributed by atoms with Crippen LogP contribution in [0.5, 0.6) is 0 Å². The van der Waals surface area contributed by atoms with E-state index in [2.05, 4.69) is 10.2 Å². The Hall–Kier alpha value is -3.35. The van der Waals surface area contributed by atoms with Gasteiger partial charge >= 0.3 is 18.4 Å². The largest absolute Gasteiger partial charge is 0.416 e. The van der Waals surface area contributed by atoms with Crippen molar-refractivity contribution in [2.24, 2.45) is 0 Å². The molecule has 1 saturated carbocycles. The number of piperazine rings is 1. The molecule has 2 unspecified atom stereocenters. The fourth-order valence-electron chi connectivity index (χ4n) is 6.20.